The summed E-state index contributed by atoms with van der Waals surface area (Å²) in [4.78, 5) is 17.5. The third-order valence-electron chi connectivity index (χ3n) is 4.68. The third-order valence-corrected chi connectivity index (χ3v) is 5.78. The second-order valence-electron chi connectivity index (χ2n) is 6.52. The van der Waals surface area contributed by atoms with Crippen LogP contribution >= 0.6 is 11.3 Å². The molecule has 0 spiro atoms. The van der Waals surface area contributed by atoms with Gasteiger partial charge in [-0.1, -0.05) is 25.0 Å². The largest absolute Gasteiger partial charge is 0.497 e. The van der Waals surface area contributed by atoms with Crippen LogP contribution in [0.25, 0.3) is 0 Å². The van der Waals surface area contributed by atoms with Crippen molar-refractivity contribution in [1.29, 1.82) is 0 Å². The van der Waals surface area contributed by atoms with E-state index in [0.717, 1.165) is 30.7 Å². The molecule has 1 saturated heterocycles. The number of urea groups is 1. The fraction of sp³-hybridized carbons (Fsp3) is 0.450. The minimum Gasteiger partial charge on any atom is -0.497 e. The molecular weight excluding hydrogens is 332 g/mol. The average molecular weight is 359 g/mol. The van der Waals surface area contributed by atoms with Crippen LogP contribution < -0.4 is 10.1 Å². The van der Waals surface area contributed by atoms with Gasteiger partial charge in [0.25, 0.3) is 0 Å². The molecule has 0 saturated carbocycles. The summed E-state index contributed by atoms with van der Waals surface area (Å²) < 4.78 is 5.25. The van der Waals surface area contributed by atoms with Crippen LogP contribution in [0.2, 0.25) is 0 Å². The minimum absolute atomic E-state index is 0.0285. The summed E-state index contributed by atoms with van der Waals surface area (Å²) in [6, 6.07) is 12.4. The van der Waals surface area contributed by atoms with E-state index in [9.17, 15) is 4.79 Å². The van der Waals surface area contributed by atoms with Gasteiger partial charge in [0, 0.05) is 22.8 Å². The first-order chi connectivity index (χ1) is 12.2. The number of hydrogen-bond acceptors (Lipinski definition) is 3. The van der Waals surface area contributed by atoms with E-state index in [1.807, 2.05) is 29.2 Å². The molecule has 1 aromatic heterocycles. The van der Waals surface area contributed by atoms with Crippen molar-refractivity contribution in [3.63, 3.8) is 0 Å². The smallest absolute Gasteiger partial charge is 0.318 e. The lowest BCUT2D eigenvalue weighted by Crippen LogP contribution is -2.41. The second-order valence-corrected chi connectivity index (χ2v) is 7.84. The number of nitrogens with one attached hydrogen (secondary N) is 1. The SMILES string of the molecule is COc1cccc(CNC(=O)N2CCCCC[C@@H]2c2ccc(C)s2)c1. The van der Waals surface area contributed by atoms with Crippen molar-refractivity contribution < 1.29 is 9.53 Å². The second kappa shape index (κ2) is 8.39. The summed E-state index contributed by atoms with van der Waals surface area (Å²) in [6.45, 7) is 3.46. The molecule has 5 heteroatoms. The number of ether oxygens (including phenoxy) is 1. The Balaban J connectivity index is 1.69. The van der Waals surface area contributed by atoms with Crippen molar-refractivity contribution in [2.75, 3.05) is 13.7 Å². The number of rotatable bonds is 4. The maximum absolute atomic E-state index is 12.9. The number of amides is 2. The summed E-state index contributed by atoms with van der Waals surface area (Å²) in [5.74, 6) is 0.813. The topological polar surface area (TPSA) is 41.6 Å². The fourth-order valence-electron chi connectivity index (χ4n) is 3.34. The van der Waals surface area contributed by atoms with Crippen LogP contribution in [0.1, 0.15) is 47.0 Å². The molecule has 4 nitrogen and oxygen atoms in total. The van der Waals surface area contributed by atoms with Crippen LogP contribution in [0.5, 0.6) is 5.75 Å². The van der Waals surface area contributed by atoms with Gasteiger partial charge in [-0.25, -0.2) is 4.79 Å². The Morgan fingerprint density at radius 1 is 1.28 bits per heavy atom. The Morgan fingerprint density at radius 3 is 2.92 bits per heavy atom. The number of benzene rings is 1. The highest BCUT2D eigenvalue weighted by molar-refractivity contribution is 7.12. The molecular formula is C20H26N2O2S. The van der Waals surface area contributed by atoms with E-state index < -0.39 is 0 Å². The number of methoxy groups -OCH3 is 1. The Hall–Kier alpha value is -2.01. The lowest BCUT2D eigenvalue weighted by Gasteiger charge is -2.29. The third kappa shape index (κ3) is 4.54. The van der Waals surface area contributed by atoms with Crippen molar-refractivity contribution in [2.24, 2.45) is 0 Å². The first-order valence-corrected chi connectivity index (χ1v) is 9.73. The molecule has 1 aliphatic rings. The molecule has 1 atom stereocenters. The van der Waals surface area contributed by atoms with Crippen LogP contribution in [-0.2, 0) is 6.54 Å². The first-order valence-electron chi connectivity index (χ1n) is 8.91. The van der Waals surface area contributed by atoms with E-state index in [-0.39, 0.29) is 12.1 Å². The van der Waals surface area contributed by atoms with E-state index >= 15 is 0 Å². The van der Waals surface area contributed by atoms with Crippen LogP contribution in [0.3, 0.4) is 0 Å². The summed E-state index contributed by atoms with van der Waals surface area (Å²) in [5.41, 5.74) is 1.05. The highest BCUT2D eigenvalue weighted by Crippen LogP contribution is 2.34. The van der Waals surface area contributed by atoms with Crippen LogP contribution in [0.4, 0.5) is 4.79 Å². The zero-order valence-corrected chi connectivity index (χ0v) is 15.8. The molecule has 0 unspecified atom stereocenters. The van der Waals surface area contributed by atoms with E-state index in [1.54, 1.807) is 18.4 Å². The lowest BCUT2D eigenvalue weighted by molar-refractivity contribution is 0.176. The molecule has 1 aliphatic heterocycles. The van der Waals surface area contributed by atoms with Gasteiger partial charge in [0.2, 0.25) is 0 Å². The van der Waals surface area contributed by atoms with E-state index in [4.69, 9.17) is 4.74 Å². The predicted molar refractivity (Wildman–Crippen MR) is 102 cm³/mol. The monoisotopic (exact) mass is 358 g/mol. The molecule has 1 N–H and O–H groups in total. The highest BCUT2D eigenvalue weighted by Gasteiger charge is 2.27. The average Bonchev–Trinajstić information content (AvgIpc) is 2.92. The Morgan fingerprint density at radius 2 is 2.16 bits per heavy atom. The van der Waals surface area contributed by atoms with Gasteiger partial charge in [0.1, 0.15) is 5.75 Å². The van der Waals surface area contributed by atoms with Gasteiger partial charge in [-0.2, -0.15) is 0 Å². The maximum Gasteiger partial charge on any atom is 0.318 e. The Kier molecular flexibility index (Phi) is 5.97. The van der Waals surface area contributed by atoms with Gasteiger partial charge < -0.3 is 15.0 Å². The van der Waals surface area contributed by atoms with Gasteiger partial charge in [-0.15, -0.1) is 11.3 Å². The zero-order valence-electron chi connectivity index (χ0n) is 15.0. The molecule has 2 amide bonds. The van der Waals surface area contributed by atoms with Crippen molar-refractivity contribution in [1.82, 2.24) is 10.2 Å². The molecule has 134 valence electrons. The predicted octanol–water partition coefficient (Wildman–Crippen LogP) is 4.89. The molecule has 25 heavy (non-hydrogen) atoms. The molecule has 3 rings (SSSR count). The van der Waals surface area contributed by atoms with E-state index in [1.165, 1.54) is 22.6 Å². The van der Waals surface area contributed by atoms with Crippen LogP contribution in [0.15, 0.2) is 36.4 Å². The number of nitrogens with zero attached hydrogens (tertiary/aromatic N) is 1. The maximum atomic E-state index is 12.9. The number of carbonyl (C=O) groups is 1. The summed E-state index contributed by atoms with van der Waals surface area (Å²) in [5, 5.41) is 3.09. The van der Waals surface area contributed by atoms with Crippen LogP contribution in [-0.4, -0.2) is 24.6 Å². The number of carbonyl (C=O) groups excluding carboxylic acids is 1. The van der Waals surface area contributed by atoms with Crippen molar-refractivity contribution in [2.45, 2.75) is 45.2 Å². The summed E-state index contributed by atoms with van der Waals surface area (Å²) in [7, 11) is 1.66. The Bertz CT molecular complexity index is 713. The zero-order chi connectivity index (χ0) is 17.6. The summed E-state index contributed by atoms with van der Waals surface area (Å²) in [6.07, 6.45) is 4.50. The van der Waals surface area contributed by atoms with Crippen molar-refractivity contribution >= 4 is 17.4 Å². The van der Waals surface area contributed by atoms with E-state index in [0.29, 0.717) is 6.54 Å². The van der Waals surface area contributed by atoms with Gasteiger partial charge in [0.15, 0.2) is 0 Å². The standard InChI is InChI=1S/C20H26N2O2S/c1-15-10-11-19(25-15)18-9-4-3-5-12-22(18)20(23)21-14-16-7-6-8-17(13-16)24-2/h6-8,10-11,13,18H,3-5,9,12,14H2,1-2H3,(H,21,23)/t18-/m1/s1. The van der Waals surface area contributed by atoms with Crippen molar-refractivity contribution in [3.05, 3.63) is 51.7 Å². The van der Waals surface area contributed by atoms with Gasteiger partial charge in [-0.05, 0) is 49.6 Å². The molecule has 0 aliphatic carbocycles. The normalized spacial score (nSPS) is 17.8. The van der Waals surface area contributed by atoms with Gasteiger partial charge >= 0.3 is 6.03 Å². The number of likely N-dealkylation sites (tertiary alicyclic amines) is 1. The molecule has 0 bridgehead atoms. The van der Waals surface area contributed by atoms with Gasteiger partial charge in [0.05, 0.1) is 13.2 Å². The first kappa shape index (κ1) is 17.8. The van der Waals surface area contributed by atoms with Crippen LogP contribution in [0, 0.1) is 6.92 Å². The minimum atomic E-state index is 0.0285. The molecule has 2 heterocycles. The quantitative estimate of drug-likeness (QED) is 0.845. The Labute approximate surface area is 153 Å². The summed E-state index contributed by atoms with van der Waals surface area (Å²) >= 11 is 1.81. The molecule has 1 fully saturated rings. The molecule has 2 aromatic rings. The highest BCUT2D eigenvalue weighted by atomic mass is 32.1. The van der Waals surface area contributed by atoms with Gasteiger partial charge in [-0.3, -0.25) is 0 Å². The van der Waals surface area contributed by atoms with E-state index in [2.05, 4.69) is 24.4 Å². The lowest BCUT2D eigenvalue weighted by atomic mass is 10.1. The number of aryl methyl sites for hydroxylation is 1. The molecule has 1 aromatic carbocycles. The fourth-order valence-corrected chi connectivity index (χ4v) is 4.37. The molecule has 0 radical (unpaired) electrons. The number of hydrogen-bond donors (Lipinski definition) is 1. The van der Waals surface area contributed by atoms with Crippen molar-refractivity contribution in [3.8, 4) is 5.75 Å². The number of thiophene rings is 1.